The molecule has 0 aliphatic carbocycles. The summed E-state index contributed by atoms with van der Waals surface area (Å²) < 4.78 is 0. The van der Waals surface area contributed by atoms with Crippen molar-refractivity contribution in [1.29, 1.82) is 0 Å². The standard InChI is InChI=1S/C16H24N6O2/c1-21(2)14-9-13(17-10-18-14)19-11-5-7-22(8-6-11)16(24)12-3-4-15(23)20-12/h9-12H,3-8H2,1-2H3,(H,20,23)(H,17,18,19). The van der Waals surface area contributed by atoms with Crippen molar-refractivity contribution in [2.45, 2.75) is 37.8 Å². The van der Waals surface area contributed by atoms with Gasteiger partial charge in [0.05, 0.1) is 0 Å². The smallest absolute Gasteiger partial charge is 0.245 e. The van der Waals surface area contributed by atoms with Crippen LogP contribution in [0.3, 0.4) is 0 Å². The molecule has 2 N–H and O–H groups in total. The minimum absolute atomic E-state index is 0.0228. The van der Waals surface area contributed by atoms with E-state index in [2.05, 4.69) is 20.6 Å². The van der Waals surface area contributed by atoms with Crippen molar-refractivity contribution in [3.8, 4) is 0 Å². The highest BCUT2D eigenvalue weighted by molar-refractivity contribution is 5.90. The van der Waals surface area contributed by atoms with Crippen LogP contribution < -0.4 is 15.5 Å². The molecule has 8 heteroatoms. The molecule has 0 spiro atoms. The quantitative estimate of drug-likeness (QED) is 0.820. The summed E-state index contributed by atoms with van der Waals surface area (Å²) >= 11 is 0. The van der Waals surface area contributed by atoms with Gasteiger partial charge in [-0.3, -0.25) is 9.59 Å². The van der Waals surface area contributed by atoms with Crippen LogP contribution in [0.4, 0.5) is 11.6 Å². The van der Waals surface area contributed by atoms with Gasteiger partial charge in [0.2, 0.25) is 11.8 Å². The van der Waals surface area contributed by atoms with Crippen LogP contribution in [-0.4, -0.2) is 66.0 Å². The second-order valence-electron chi connectivity index (χ2n) is 6.56. The monoisotopic (exact) mass is 332 g/mol. The summed E-state index contributed by atoms with van der Waals surface area (Å²) in [6, 6.07) is 1.88. The van der Waals surface area contributed by atoms with Gasteiger partial charge in [-0.1, -0.05) is 0 Å². The lowest BCUT2D eigenvalue weighted by atomic mass is 10.0. The van der Waals surface area contributed by atoms with E-state index >= 15 is 0 Å². The van der Waals surface area contributed by atoms with Gasteiger partial charge >= 0.3 is 0 Å². The van der Waals surface area contributed by atoms with Gasteiger partial charge in [0, 0.05) is 45.7 Å². The van der Waals surface area contributed by atoms with E-state index in [0.717, 1.165) is 24.5 Å². The third-order valence-electron chi connectivity index (χ3n) is 4.56. The van der Waals surface area contributed by atoms with Crippen LogP contribution >= 0.6 is 0 Å². The van der Waals surface area contributed by atoms with Gasteiger partial charge in [-0.15, -0.1) is 0 Å². The maximum Gasteiger partial charge on any atom is 0.245 e. The van der Waals surface area contributed by atoms with Crippen LogP contribution in [0.2, 0.25) is 0 Å². The van der Waals surface area contributed by atoms with E-state index in [9.17, 15) is 9.59 Å². The van der Waals surface area contributed by atoms with Gasteiger partial charge in [0.1, 0.15) is 24.0 Å². The van der Waals surface area contributed by atoms with Crippen LogP contribution in [0.15, 0.2) is 12.4 Å². The van der Waals surface area contributed by atoms with E-state index in [-0.39, 0.29) is 23.9 Å². The van der Waals surface area contributed by atoms with Gasteiger partial charge < -0.3 is 20.4 Å². The third kappa shape index (κ3) is 3.74. The molecule has 0 aromatic carbocycles. The highest BCUT2D eigenvalue weighted by Gasteiger charge is 2.32. The summed E-state index contributed by atoms with van der Waals surface area (Å²) in [6.07, 6.45) is 4.36. The number of nitrogens with zero attached hydrogens (tertiary/aromatic N) is 4. The number of carbonyl (C=O) groups is 2. The maximum absolute atomic E-state index is 12.4. The molecule has 2 fully saturated rings. The first kappa shape index (κ1) is 16.5. The number of carbonyl (C=O) groups excluding carboxylic acids is 2. The van der Waals surface area contributed by atoms with Crippen molar-refractivity contribution >= 4 is 23.5 Å². The zero-order chi connectivity index (χ0) is 17.1. The zero-order valence-electron chi connectivity index (χ0n) is 14.2. The fraction of sp³-hybridized carbons (Fsp3) is 0.625. The van der Waals surface area contributed by atoms with E-state index < -0.39 is 0 Å². The summed E-state index contributed by atoms with van der Waals surface area (Å²) in [5, 5.41) is 6.18. The average molecular weight is 332 g/mol. The molecule has 130 valence electrons. The van der Waals surface area contributed by atoms with Gasteiger partial charge in [-0.05, 0) is 19.3 Å². The summed E-state index contributed by atoms with van der Waals surface area (Å²) in [5.74, 6) is 1.69. The van der Waals surface area contributed by atoms with Crippen molar-refractivity contribution in [3.63, 3.8) is 0 Å². The summed E-state index contributed by atoms with van der Waals surface area (Å²) in [5.41, 5.74) is 0. The SMILES string of the molecule is CN(C)c1cc(NC2CCN(C(=O)C3CCC(=O)N3)CC2)ncn1. The van der Waals surface area contributed by atoms with Gasteiger partial charge in [0.15, 0.2) is 0 Å². The topological polar surface area (TPSA) is 90.5 Å². The summed E-state index contributed by atoms with van der Waals surface area (Å²) in [4.78, 5) is 35.9. The number of likely N-dealkylation sites (tertiary alicyclic amines) is 1. The molecule has 0 saturated carbocycles. The molecule has 2 saturated heterocycles. The lowest BCUT2D eigenvalue weighted by molar-refractivity contribution is -0.135. The number of hydrogen-bond donors (Lipinski definition) is 2. The summed E-state index contributed by atoms with van der Waals surface area (Å²) in [7, 11) is 3.88. The predicted octanol–water partition coefficient (Wildman–Crippen LogP) is 0.224. The van der Waals surface area contributed by atoms with Crippen molar-refractivity contribution in [3.05, 3.63) is 12.4 Å². The molecule has 1 aromatic rings. The third-order valence-corrected chi connectivity index (χ3v) is 4.56. The number of amides is 2. The van der Waals surface area contributed by atoms with Crippen LogP contribution in [0.1, 0.15) is 25.7 Å². The van der Waals surface area contributed by atoms with Crippen LogP contribution in [-0.2, 0) is 9.59 Å². The molecule has 1 atom stereocenters. The Balaban J connectivity index is 1.51. The largest absolute Gasteiger partial charge is 0.367 e. The number of nitrogens with one attached hydrogen (secondary N) is 2. The Morgan fingerprint density at radius 2 is 2.04 bits per heavy atom. The first-order valence-electron chi connectivity index (χ1n) is 8.37. The van der Waals surface area contributed by atoms with Gasteiger partial charge in [0.25, 0.3) is 0 Å². The maximum atomic E-state index is 12.4. The van der Waals surface area contributed by atoms with E-state index in [1.807, 2.05) is 30.0 Å². The van der Waals surface area contributed by atoms with Crippen molar-refractivity contribution < 1.29 is 9.59 Å². The fourth-order valence-corrected chi connectivity index (χ4v) is 3.14. The summed E-state index contributed by atoms with van der Waals surface area (Å²) in [6.45, 7) is 1.41. The Kier molecular flexibility index (Phi) is 4.82. The fourth-order valence-electron chi connectivity index (χ4n) is 3.14. The van der Waals surface area contributed by atoms with Crippen molar-refractivity contribution in [1.82, 2.24) is 20.2 Å². The van der Waals surface area contributed by atoms with Crippen molar-refractivity contribution in [2.24, 2.45) is 0 Å². The zero-order valence-corrected chi connectivity index (χ0v) is 14.2. The second kappa shape index (κ2) is 7.02. The number of piperidine rings is 1. The second-order valence-corrected chi connectivity index (χ2v) is 6.56. The molecule has 24 heavy (non-hydrogen) atoms. The molecular formula is C16H24N6O2. The Bertz CT molecular complexity index is 612. The Morgan fingerprint density at radius 1 is 1.29 bits per heavy atom. The minimum Gasteiger partial charge on any atom is -0.367 e. The average Bonchev–Trinajstić information content (AvgIpc) is 3.01. The normalized spacial score (nSPS) is 21.5. The van der Waals surface area contributed by atoms with Crippen LogP contribution in [0, 0.1) is 0 Å². The first-order valence-corrected chi connectivity index (χ1v) is 8.37. The lowest BCUT2D eigenvalue weighted by Gasteiger charge is -2.34. The van der Waals surface area contributed by atoms with E-state index in [1.165, 1.54) is 0 Å². The van der Waals surface area contributed by atoms with E-state index in [0.29, 0.717) is 25.9 Å². The molecule has 3 rings (SSSR count). The number of hydrogen-bond acceptors (Lipinski definition) is 6. The van der Waals surface area contributed by atoms with Crippen LogP contribution in [0.5, 0.6) is 0 Å². The molecule has 1 unspecified atom stereocenters. The molecule has 0 bridgehead atoms. The molecule has 2 aliphatic heterocycles. The molecule has 2 aliphatic rings. The highest BCUT2D eigenvalue weighted by atomic mass is 16.2. The first-order chi connectivity index (χ1) is 11.5. The molecule has 3 heterocycles. The Morgan fingerprint density at radius 3 is 2.67 bits per heavy atom. The van der Waals surface area contributed by atoms with E-state index in [4.69, 9.17) is 0 Å². The molecule has 0 radical (unpaired) electrons. The highest BCUT2D eigenvalue weighted by Crippen LogP contribution is 2.19. The van der Waals surface area contributed by atoms with Gasteiger partial charge in [-0.25, -0.2) is 9.97 Å². The minimum atomic E-state index is -0.327. The number of anilines is 2. The lowest BCUT2D eigenvalue weighted by Crippen LogP contribution is -2.49. The molecule has 8 nitrogen and oxygen atoms in total. The Labute approximate surface area is 141 Å². The molecular weight excluding hydrogens is 308 g/mol. The Hall–Kier alpha value is -2.38. The number of rotatable bonds is 4. The van der Waals surface area contributed by atoms with Gasteiger partial charge in [-0.2, -0.15) is 0 Å². The molecule has 2 amide bonds. The number of aromatic nitrogens is 2. The van der Waals surface area contributed by atoms with Crippen LogP contribution in [0.25, 0.3) is 0 Å². The van der Waals surface area contributed by atoms with Crippen molar-refractivity contribution in [2.75, 3.05) is 37.4 Å². The predicted molar refractivity (Wildman–Crippen MR) is 90.7 cm³/mol. The van der Waals surface area contributed by atoms with E-state index in [1.54, 1.807) is 6.33 Å². The molecule has 1 aromatic heterocycles.